The van der Waals surface area contributed by atoms with Gasteiger partial charge in [-0.15, -0.1) is 11.8 Å². The Morgan fingerprint density at radius 3 is 2.88 bits per heavy atom. The number of aromatic nitrogens is 1. The van der Waals surface area contributed by atoms with E-state index >= 15 is 0 Å². The van der Waals surface area contributed by atoms with E-state index in [9.17, 15) is 4.79 Å². The van der Waals surface area contributed by atoms with Crippen LogP contribution in [0.3, 0.4) is 0 Å². The third-order valence-electron chi connectivity index (χ3n) is 2.48. The van der Waals surface area contributed by atoms with Gasteiger partial charge in [-0.3, -0.25) is 4.79 Å². The molecule has 1 heterocycles. The van der Waals surface area contributed by atoms with Gasteiger partial charge in [-0.2, -0.15) is 0 Å². The van der Waals surface area contributed by atoms with E-state index in [1.165, 1.54) is 7.11 Å². The summed E-state index contributed by atoms with van der Waals surface area (Å²) in [6.07, 6.45) is 2.28. The van der Waals surface area contributed by atoms with Crippen LogP contribution in [0.25, 0.3) is 0 Å². The highest BCUT2D eigenvalue weighted by Crippen LogP contribution is 2.18. The normalized spacial score (nSPS) is 12.2. The molecule has 1 unspecified atom stereocenters. The molecule has 0 aliphatic rings. The van der Waals surface area contributed by atoms with Gasteiger partial charge in [0.05, 0.1) is 18.6 Å². The van der Waals surface area contributed by atoms with E-state index in [1.54, 1.807) is 11.8 Å². The monoisotopic (exact) mass is 254 g/mol. The first kappa shape index (κ1) is 14.0. The van der Waals surface area contributed by atoms with Crippen LogP contribution in [0.2, 0.25) is 0 Å². The smallest absolute Gasteiger partial charge is 0.306 e. The number of thioether (sulfide) groups is 1. The number of nitrogens with zero attached hydrogens (tertiary/aromatic N) is 1. The lowest BCUT2D eigenvalue weighted by atomic mass is 10.1. The topological polar surface area (TPSA) is 51.2 Å². The molecular weight excluding hydrogens is 236 g/mol. The molecule has 4 nitrogen and oxygen atoms in total. The lowest BCUT2D eigenvalue weighted by Crippen LogP contribution is -2.12. The van der Waals surface area contributed by atoms with Crippen LogP contribution in [0.5, 0.6) is 0 Å². The van der Waals surface area contributed by atoms with Gasteiger partial charge in [-0.05, 0) is 25.6 Å². The lowest BCUT2D eigenvalue weighted by Gasteiger charge is -2.10. The maximum Gasteiger partial charge on any atom is 0.306 e. The molecule has 5 heteroatoms. The average molecular weight is 254 g/mol. The average Bonchev–Trinajstić information content (AvgIpc) is 2.38. The number of nitrogens with one attached hydrogen (secondary N) is 1. The highest BCUT2D eigenvalue weighted by molar-refractivity contribution is 7.99. The minimum atomic E-state index is -0.182. The fourth-order valence-electron chi connectivity index (χ4n) is 1.24. The van der Waals surface area contributed by atoms with Gasteiger partial charge in [0.25, 0.3) is 0 Å². The van der Waals surface area contributed by atoms with Crippen molar-refractivity contribution in [3.63, 3.8) is 0 Å². The third-order valence-corrected chi connectivity index (χ3v) is 3.42. The van der Waals surface area contributed by atoms with Crippen LogP contribution in [-0.2, 0) is 9.53 Å². The summed E-state index contributed by atoms with van der Waals surface area (Å²) >= 11 is 1.56. The molecule has 0 radical (unpaired) electrons. The number of rotatable bonds is 6. The number of esters is 1. The van der Waals surface area contributed by atoms with Crippen molar-refractivity contribution in [1.29, 1.82) is 0 Å². The number of hydrogen-bond acceptors (Lipinski definition) is 5. The first-order chi connectivity index (χ1) is 8.17. The molecule has 0 saturated carbocycles. The maximum atomic E-state index is 10.9. The Labute approximate surface area is 106 Å². The van der Waals surface area contributed by atoms with E-state index in [1.807, 2.05) is 19.3 Å². The Bertz CT molecular complexity index is 354. The molecule has 1 N–H and O–H groups in total. The molecule has 0 fully saturated rings. The fraction of sp³-hybridized carbons (Fsp3) is 0.500. The van der Waals surface area contributed by atoms with E-state index in [0.717, 1.165) is 10.6 Å². The van der Waals surface area contributed by atoms with Crippen molar-refractivity contribution in [3.05, 3.63) is 23.9 Å². The van der Waals surface area contributed by atoms with E-state index in [-0.39, 0.29) is 5.97 Å². The van der Waals surface area contributed by atoms with Crippen LogP contribution in [0, 0.1) is 0 Å². The number of methoxy groups -OCH3 is 1. The Hall–Kier alpha value is -1.07. The zero-order valence-electron chi connectivity index (χ0n) is 10.4. The van der Waals surface area contributed by atoms with Gasteiger partial charge in [-0.1, -0.05) is 6.07 Å². The predicted octanol–water partition coefficient (Wildman–Crippen LogP) is 2.02. The molecule has 94 valence electrons. The number of hydrogen-bond donors (Lipinski definition) is 1. The number of carbonyl (C=O) groups excluding carboxylic acids is 1. The van der Waals surface area contributed by atoms with Crippen molar-refractivity contribution in [2.24, 2.45) is 0 Å². The van der Waals surface area contributed by atoms with Crippen LogP contribution in [0.15, 0.2) is 23.4 Å². The van der Waals surface area contributed by atoms with Crippen LogP contribution in [0.1, 0.15) is 24.9 Å². The molecule has 0 spiro atoms. The van der Waals surface area contributed by atoms with Gasteiger partial charge in [0.2, 0.25) is 0 Å². The quantitative estimate of drug-likeness (QED) is 0.621. The molecule has 0 aromatic carbocycles. The van der Waals surface area contributed by atoms with E-state index < -0.39 is 0 Å². The van der Waals surface area contributed by atoms with Gasteiger partial charge in [0.1, 0.15) is 0 Å². The highest BCUT2D eigenvalue weighted by atomic mass is 32.2. The summed E-state index contributed by atoms with van der Waals surface area (Å²) in [5.74, 6) is 0.513. The minimum Gasteiger partial charge on any atom is -0.469 e. The zero-order valence-corrected chi connectivity index (χ0v) is 11.2. The number of carbonyl (C=O) groups is 1. The largest absolute Gasteiger partial charge is 0.469 e. The summed E-state index contributed by atoms with van der Waals surface area (Å²) in [5, 5.41) is 4.09. The Morgan fingerprint density at radius 2 is 2.35 bits per heavy atom. The molecule has 1 aromatic rings. The molecule has 0 aliphatic heterocycles. The summed E-state index contributed by atoms with van der Waals surface area (Å²) in [5.41, 5.74) is 1.16. The standard InChI is InChI=1S/C12H18N2O2S/c1-9(13-2)10-4-5-11(14-8-10)17-7-6-12(15)16-3/h4-5,8-9,13H,6-7H2,1-3H3. The van der Waals surface area contributed by atoms with E-state index in [0.29, 0.717) is 18.2 Å². The summed E-state index contributed by atoms with van der Waals surface area (Å²) in [6.45, 7) is 2.08. The molecule has 0 saturated heterocycles. The maximum absolute atomic E-state index is 10.9. The second-order valence-corrected chi connectivity index (χ2v) is 4.73. The molecule has 17 heavy (non-hydrogen) atoms. The number of pyridine rings is 1. The van der Waals surface area contributed by atoms with Crippen molar-refractivity contribution < 1.29 is 9.53 Å². The fourth-order valence-corrected chi connectivity index (χ4v) is 2.01. The second kappa shape index (κ2) is 7.29. The summed E-state index contributed by atoms with van der Waals surface area (Å²) in [7, 11) is 3.32. The van der Waals surface area contributed by atoms with Crippen LogP contribution >= 0.6 is 11.8 Å². The highest BCUT2D eigenvalue weighted by Gasteiger charge is 2.04. The zero-order chi connectivity index (χ0) is 12.7. The molecule has 1 atom stereocenters. The second-order valence-electron chi connectivity index (χ2n) is 3.61. The Balaban J connectivity index is 2.43. The Morgan fingerprint density at radius 1 is 1.59 bits per heavy atom. The van der Waals surface area contributed by atoms with Gasteiger partial charge in [0.15, 0.2) is 0 Å². The number of ether oxygens (including phenoxy) is 1. The lowest BCUT2D eigenvalue weighted by molar-refractivity contribution is -0.140. The van der Waals surface area contributed by atoms with Gasteiger partial charge >= 0.3 is 5.97 Å². The molecule has 0 aliphatic carbocycles. The third kappa shape index (κ3) is 4.75. The van der Waals surface area contributed by atoms with E-state index in [4.69, 9.17) is 0 Å². The predicted molar refractivity (Wildman–Crippen MR) is 69.1 cm³/mol. The van der Waals surface area contributed by atoms with Crippen molar-refractivity contribution in [3.8, 4) is 0 Å². The molecule has 1 aromatic heterocycles. The first-order valence-electron chi connectivity index (χ1n) is 5.50. The summed E-state index contributed by atoms with van der Waals surface area (Å²) in [4.78, 5) is 15.3. The first-order valence-corrected chi connectivity index (χ1v) is 6.48. The van der Waals surface area contributed by atoms with Crippen molar-refractivity contribution in [2.45, 2.75) is 24.4 Å². The van der Waals surface area contributed by atoms with Gasteiger partial charge < -0.3 is 10.1 Å². The Kier molecular flexibility index (Phi) is 6.00. The molecule has 0 bridgehead atoms. The molecular formula is C12H18N2O2S. The minimum absolute atomic E-state index is 0.182. The van der Waals surface area contributed by atoms with Crippen LogP contribution in [0.4, 0.5) is 0 Å². The van der Waals surface area contributed by atoms with Gasteiger partial charge in [-0.25, -0.2) is 4.98 Å². The summed E-state index contributed by atoms with van der Waals surface area (Å²) < 4.78 is 4.57. The summed E-state index contributed by atoms with van der Waals surface area (Å²) in [6, 6.07) is 4.33. The van der Waals surface area contributed by atoms with Crippen LogP contribution in [-0.4, -0.2) is 30.9 Å². The van der Waals surface area contributed by atoms with E-state index in [2.05, 4.69) is 28.0 Å². The van der Waals surface area contributed by atoms with Crippen LogP contribution < -0.4 is 5.32 Å². The molecule has 0 amide bonds. The molecule has 1 rings (SSSR count). The van der Waals surface area contributed by atoms with Crippen molar-refractivity contribution in [1.82, 2.24) is 10.3 Å². The SMILES string of the molecule is CNC(C)c1ccc(SCCC(=O)OC)nc1. The van der Waals surface area contributed by atoms with Crippen molar-refractivity contribution in [2.75, 3.05) is 19.9 Å². The van der Waals surface area contributed by atoms with Gasteiger partial charge in [0, 0.05) is 18.0 Å². The van der Waals surface area contributed by atoms with Crippen molar-refractivity contribution >= 4 is 17.7 Å².